The lowest BCUT2D eigenvalue weighted by molar-refractivity contribution is -0.174. The van der Waals surface area contributed by atoms with Gasteiger partial charge in [0.1, 0.15) is 10.8 Å². The summed E-state index contributed by atoms with van der Waals surface area (Å²) in [5.74, 6) is -2.02. The number of carbonyl (C=O) groups is 3. The molecular weight excluding hydrogens is 595 g/mol. The summed E-state index contributed by atoms with van der Waals surface area (Å²) in [5.41, 5.74) is 8.92. The third-order valence-electron chi connectivity index (χ3n) is 6.51. The number of aromatic nitrogens is 2. The number of amides is 3. The van der Waals surface area contributed by atoms with Crippen molar-refractivity contribution >= 4 is 34.2 Å². The number of benzene rings is 2. The number of aryl methyl sites for hydroxylation is 1. The maximum atomic E-state index is 12.5. The van der Waals surface area contributed by atoms with E-state index in [0.29, 0.717) is 22.1 Å². The van der Waals surface area contributed by atoms with E-state index in [1.807, 2.05) is 41.7 Å². The number of nitrogens with zero attached hydrogens (tertiary/aromatic N) is 2. The molecular formula is C30H32F3N7O3S. The predicted octanol–water partition coefficient (Wildman–Crippen LogP) is 4.36. The number of halogens is 3. The van der Waals surface area contributed by atoms with Crippen LogP contribution < -0.4 is 26.8 Å². The summed E-state index contributed by atoms with van der Waals surface area (Å²) in [4.78, 5) is 36.0. The lowest BCUT2D eigenvalue weighted by Gasteiger charge is -2.20. The van der Waals surface area contributed by atoms with Crippen molar-refractivity contribution in [3.8, 4) is 0 Å². The van der Waals surface area contributed by atoms with Crippen LogP contribution in [0.2, 0.25) is 0 Å². The Labute approximate surface area is 256 Å². The van der Waals surface area contributed by atoms with Crippen molar-refractivity contribution in [3.63, 3.8) is 0 Å². The highest BCUT2D eigenvalue weighted by Gasteiger charge is 2.39. The molecule has 1 aliphatic heterocycles. The van der Waals surface area contributed by atoms with Crippen molar-refractivity contribution in [2.45, 2.75) is 57.7 Å². The number of anilines is 1. The molecule has 1 aliphatic rings. The molecule has 0 bridgehead atoms. The zero-order valence-corrected chi connectivity index (χ0v) is 24.6. The standard InChI is InChI=1S/C30H32F3N7O3S/c1-19(34-28(43)30(31,32)33)22-11-7-10-21(16-22)18-25(41)35-24-15-14-23(37-38-24)12-5-6-13-27-39-40-29(44-27)36-26(42)17-20-8-3-2-4-9-20/h2-4,7-11,14-16,19,37-38H,5-6,12-13,17-18H2,1H3,(H,34,43)(H,35,41)(H,36,40,42). The van der Waals surface area contributed by atoms with Gasteiger partial charge in [-0.3, -0.25) is 19.8 Å². The SMILES string of the molecule is CC(NC(=O)C(F)(F)F)c1cccc(CC(=O)NC2=CC=C(CCCCc3nnc(NC(=O)Cc4ccccc4)s3)NN2)c1. The fourth-order valence-electron chi connectivity index (χ4n) is 4.29. The van der Waals surface area contributed by atoms with Gasteiger partial charge in [-0.1, -0.05) is 65.9 Å². The summed E-state index contributed by atoms with van der Waals surface area (Å²) >= 11 is 1.37. The van der Waals surface area contributed by atoms with Crippen LogP contribution in [-0.4, -0.2) is 34.1 Å². The second kappa shape index (κ2) is 15.1. The van der Waals surface area contributed by atoms with Crippen LogP contribution in [0.3, 0.4) is 0 Å². The van der Waals surface area contributed by atoms with E-state index in [2.05, 4.69) is 31.7 Å². The monoisotopic (exact) mass is 627 g/mol. The van der Waals surface area contributed by atoms with Gasteiger partial charge >= 0.3 is 12.1 Å². The van der Waals surface area contributed by atoms with Crippen molar-refractivity contribution in [1.29, 1.82) is 0 Å². The minimum absolute atomic E-state index is 0.00655. The topological polar surface area (TPSA) is 137 Å². The first kappa shape index (κ1) is 32.2. The number of allylic oxidation sites excluding steroid dienone is 3. The molecule has 44 heavy (non-hydrogen) atoms. The molecule has 0 spiro atoms. The number of unbranched alkanes of at least 4 members (excludes halogenated alkanes) is 1. The first-order chi connectivity index (χ1) is 21.0. The molecule has 2 heterocycles. The van der Waals surface area contributed by atoms with E-state index in [1.165, 1.54) is 18.3 Å². The average Bonchev–Trinajstić information content (AvgIpc) is 3.43. The summed E-state index contributed by atoms with van der Waals surface area (Å²) in [7, 11) is 0. The zero-order chi connectivity index (χ0) is 31.5. The summed E-state index contributed by atoms with van der Waals surface area (Å²) in [6.07, 6.45) is 2.15. The van der Waals surface area contributed by atoms with Crippen LogP contribution in [-0.2, 0) is 33.6 Å². The molecule has 1 unspecified atom stereocenters. The summed E-state index contributed by atoms with van der Waals surface area (Å²) < 4.78 is 37.6. The number of nitrogens with one attached hydrogen (secondary N) is 5. The Bertz CT molecular complexity index is 1520. The normalized spacial score (nSPS) is 13.5. The predicted molar refractivity (Wildman–Crippen MR) is 160 cm³/mol. The van der Waals surface area contributed by atoms with E-state index in [-0.39, 0.29) is 24.7 Å². The van der Waals surface area contributed by atoms with E-state index in [1.54, 1.807) is 30.3 Å². The Balaban J connectivity index is 1.16. The molecule has 0 saturated heterocycles. The number of hydrazine groups is 1. The fraction of sp³-hybridized carbons (Fsp3) is 0.300. The molecule has 5 N–H and O–H groups in total. The van der Waals surface area contributed by atoms with Crippen LogP contribution >= 0.6 is 11.3 Å². The molecule has 2 aromatic carbocycles. The van der Waals surface area contributed by atoms with Crippen molar-refractivity contribution in [2.75, 3.05) is 5.32 Å². The van der Waals surface area contributed by atoms with Crippen LogP contribution in [0.15, 0.2) is 78.3 Å². The first-order valence-electron chi connectivity index (χ1n) is 13.9. The molecule has 14 heteroatoms. The van der Waals surface area contributed by atoms with Crippen molar-refractivity contribution in [3.05, 3.63) is 100.0 Å². The Hall–Kier alpha value is -4.72. The van der Waals surface area contributed by atoms with E-state index in [9.17, 15) is 27.6 Å². The Morgan fingerprint density at radius 3 is 2.30 bits per heavy atom. The zero-order valence-electron chi connectivity index (χ0n) is 23.8. The van der Waals surface area contributed by atoms with Gasteiger partial charge in [-0.05, 0) is 55.0 Å². The molecule has 0 fully saturated rings. The smallest absolute Gasteiger partial charge is 0.342 e. The third kappa shape index (κ3) is 10.2. The second-order valence-corrected chi connectivity index (χ2v) is 11.2. The van der Waals surface area contributed by atoms with Crippen LogP contribution in [0.4, 0.5) is 18.3 Å². The lowest BCUT2D eigenvalue weighted by atomic mass is 10.0. The average molecular weight is 628 g/mol. The minimum atomic E-state index is -4.97. The quantitative estimate of drug-likeness (QED) is 0.178. The van der Waals surface area contributed by atoms with Crippen LogP contribution in [0, 0.1) is 0 Å². The van der Waals surface area contributed by atoms with Gasteiger partial charge in [0.25, 0.3) is 0 Å². The summed E-state index contributed by atoms with van der Waals surface area (Å²) in [5, 5.41) is 17.0. The Morgan fingerprint density at radius 2 is 1.57 bits per heavy atom. The van der Waals surface area contributed by atoms with Crippen molar-refractivity contribution in [2.24, 2.45) is 0 Å². The molecule has 232 valence electrons. The second-order valence-electron chi connectivity index (χ2n) is 10.1. The summed E-state index contributed by atoms with van der Waals surface area (Å²) in [6, 6.07) is 15.1. The van der Waals surface area contributed by atoms with E-state index >= 15 is 0 Å². The van der Waals surface area contributed by atoms with Gasteiger partial charge in [0.05, 0.1) is 18.9 Å². The van der Waals surface area contributed by atoms with Gasteiger partial charge in [-0.25, -0.2) is 0 Å². The molecule has 3 aromatic rings. The van der Waals surface area contributed by atoms with E-state index < -0.39 is 18.1 Å². The largest absolute Gasteiger partial charge is 0.471 e. The number of rotatable bonds is 13. The van der Waals surface area contributed by atoms with Crippen molar-refractivity contribution in [1.82, 2.24) is 31.7 Å². The van der Waals surface area contributed by atoms with Crippen molar-refractivity contribution < 1.29 is 27.6 Å². The highest BCUT2D eigenvalue weighted by atomic mass is 32.1. The molecule has 1 aromatic heterocycles. The molecule has 0 radical (unpaired) electrons. The Morgan fingerprint density at radius 1 is 0.864 bits per heavy atom. The molecule has 10 nitrogen and oxygen atoms in total. The van der Waals surface area contributed by atoms with E-state index in [4.69, 9.17) is 0 Å². The Kier molecular flexibility index (Phi) is 11.1. The van der Waals surface area contributed by atoms with Gasteiger partial charge in [0.15, 0.2) is 0 Å². The fourth-order valence-corrected chi connectivity index (χ4v) is 5.09. The van der Waals surface area contributed by atoms with Gasteiger partial charge in [-0.2, -0.15) is 13.2 Å². The molecule has 0 aliphatic carbocycles. The van der Waals surface area contributed by atoms with Gasteiger partial charge in [-0.15, -0.1) is 10.2 Å². The van der Waals surface area contributed by atoms with Crippen LogP contribution in [0.25, 0.3) is 0 Å². The maximum absolute atomic E-state index is 12.5. The van der Waals surface area contributed by atoms with Gasteiger partial charge in [0.2, 0.25) is 16.9 Å². The third-order valence-corrected chi connectivity index (χ3v) is 7.41. The van der Waals surface area contributed by atoms with Crippen LogP contribution in [0.5, 0.6) is 0 Å². The molecule has 3 amide bonds. The highest BCUT2D eigenvalue weighted by Crippen LogP contribution is 2.21. The lowest BCUT2D eigenvalue weighted by Crippen LogP contribution is -2.41. The molecule has 0 saturated carbocycles. The minimum Gasteiger partial charge on any atom is -0.342 e. The maximum Gasteiger partial charge on any atom is 0.471 e. The van der Waals surface area contributed by atoms with Gasteiger partial charge < -0.3 is 21.4 Å². The number of carbonyl (C=O) groups excluding carboxylic acids is 3. The molecule has 4 rings (SSSR count). The van der Waals surface area contributed by atoms with E-state index in [0.717, 1.165) is 42.0 Å². The van der Waals surface area contributed by atoms with Gasteiger partial charge in [0, 0.05) is 12.1 Å². The van der Waals surface area contributed by atoms with Crippen LogP contribution in [0.1, 0.15) is 53.9 Å². The number of alkyl halides is 3. The summed E-state index contributed by atoms with van der Waals surface area (Å²) in [6.45, 7) is 1.44. The molecule has 1 atom stereocenters. The first-order valence-corrected chi connectivity index (χ1v) is 14.7. The number of hydrogen-bond acceptors (Lipinski definition) is 8. The highest BCUT2D eigenvalue weighted by molar-refractivity contribution is 7.15. The number of hydrogen-bond donors (Lipinski definition) is 5.